The number of hydrogen-bond acceptors (Lipinski definition) is 6. The lowest BCUT2D eigenvalue weighted by Crippen LogP contribution is -2.30. The first kappa shape index (κ1) is 17.2. The molecule has 25 heavy (non-hydrogen) atoms. The highest BCUT2D eigenvalue weighted by atomic mass is 32.1. The quantitative estimate of drug-likeness (QED) is 0.864. The first-order valence-corrected chi connectivity index (χ1v) is 8.79. The number of carbonyl (C=O) groups excluding carboxylic acids is 1. The van der Waals surface area contributed by atoms with Crippen LogP contribution in [0.2, 0.25) is 0 Å². The van der Waals surface area contributed by atoms with E-state index in [-0.39, 0.29) is 11.8 Å². The summed E-state index contributed by atoms with van der Waals surface area (Å²) in [7, 11) is 0. The topological polar surface area (TPSA) is 116 Å². The van der Waals surface area contributed by atoms with Gasteiger partial charge in [-0.15, -0.1) is 0 Å². The van der Waals surface area contributed by atoms with Gasteiger partial charge in [-0.05, 0) is 31.7 Å². The molecule has 1 saturated carbocycles. The number of nitriles is 1. The molecule has 2 aromatic heterocycles. The SMILES string of the molecule is Cc1cocc1-c1nc(NC(=O)[C@H]2CCC[C@@H](C(=O)O)C2)sc1C#N. The number of furan rings is 1. The molecule has 0 unspecified atom stereocenters. The zero-order chi connectivity index (χ0) is 18.0. The molecule has 0 aliphatic heterocycles. The predicted molar refractivity (Wildman–Crippen MR) is 91.0 cm³/mol. The largest absolute Gasteiger partial charge is 0.481 e. The van der Waals surface area contributed by atoms with Gasteiger partial charge in [0.15, 0.2) is 5.13 Å². The number of nitrogens with zero attached hydrogens (tertiary/aromatic N) is 2. The third kappa shape index (κ3) is 3.56. The first-order valence-electron chi connectivity index (χ1n) is 7.97. The highest BCUT2D eigenvalue weighted by Gasteiger charge is 2.31. The predicted octanol–water partition coefficient (Wildman–Crippen LogP) is 3.41. The highest BCUT2D eigenvalue weighted by Crippen LogP contribution is 2.34. The van der Waals surface area contributed by atoms with Crippen LogP contribution in [0.4, 0.5) is 5.13 Å². The summed E-state index contributed by atoms with van der Waals surface area (Å²) in [5, 5.41) is 21.5. The number of amides is 1. The van der Waals surface area contributed by atoms with E-state index in [2.05, 4.69) is 16.4 Å². The highest BCUT2D eigenvalue weighted by molar-refractivity contribution is 7.16. The Morgan fingerprint density at radius 1 is 1.40 bits per heavy atom. The molecular weight excluding hydrogens is 342 g/mol. The Morgan fingerprint density at radius 3 is 2.80 bits per heavy atom. The number of anilines is 1. The first-order chi connectivity index (χ1) is 12.0. The van der Waals surface area contributed by atoms with E-state index in [1.165, 1.54) is 6.26 Å². The van der Waals surface area contributed by atoms with Crippen molar-refractivity contribution in [2.45, 2.75) is 32.6 Å². The summed E-state index contributed by atoms with van der Waals surface area (Å²) in [5.41, 5.74) is 2.06. The second-order valence-electron chi connectivity index (χ2n) is 6.16. The second-order valence-corrected chi connectivity index (χ2v) is 7.16. The van der Waals surface area contributed by atoms with Gasteiger partial charge < -0.3 is 14.8 Å². The Morgan fingerprint density at radius 2 is 2.16 bits per heavy atom. The molecule has 3 rings (SSSR count). The molecule has 8 heteroatoms. The molecule has 2 atom stereocenters. The summed E-state index contributed by atoms with van der Waals surface area (Å²) in [6.07, 6.45) is 5.43. The van der Waals surface area contributed by atoms with Crippen LogP contribution in [0.25, 0.3) is 11.3 Å². The molecular formula is C17H17N3O4S. The van der Waals surface area contributed by atoms with Crippen LogP contribution in [-0.2, 0) is 9.59 Å². The van der Waals surface area contributed by atoms with Gasteiger partial charge in [0, 0.05) is 11.5 Å². The molecule has 2 heterocycles. The van der Waals surface area contributed by atoms with E-state index in [0.29, 0.717) is 35.0 Å². The normalized spacial score (nSPS) is 20.0. The number of carboxylic acids is 1. The van der Waals surface area contributed by atoms with Crippen molar-refractivity contribution in [3.63, 3.8) is 0 Å². The maximum atomic E-state index is 12.5. The molecule has 0 aromatic carbocycles. The molecule has 2 N–H and O–H groups in total. The van der Waals surface area contributed by atoms with Crippen molar-refractivity contribution in [2.24, 2.45) is 11.8 Å². The zero-order valence-corrected chi connectivity index (χ0v) is 14.4. The van der Waals surface area contributed by atoms with Gasteiger partial charge in [-0.1, -0.05) is 17.8 Å². The van der Waals surface area contributed by atoms with E-state index in [4.69, 9.17) is 9.52 Å². The number of hydrogen-bond donors (Lipinski definition) is 2. The van der Waals surface area contributed by atoms with E-state index in [1.807, 2.05) is 6.92 Å². The van der Waals surface area contributed by atoms with Crippen LogP contribution >= 0.6 is 11.3 Å². The fourth-order valence-corrected chi connectivity index (χ4v) is 3.87. The van der Waals surface area contributed by atoms with E-state index in [1.54, 1.807) is 6.26 Å². The van der Waals surface area contributed by atoms with Crippen molar-refractivity contribution in [1.29, 1.82) is 5.26 Å². The maximum absolute atomic E-state index is 12.5. The van der Waals surface area contributed by atoms with Crippen molar-refractivity contribution in [2.75, 3.05) is 5.32 Å². The monoisotopic (exact) mass is 359 g/mol. The van der Waals surface area contributed by atoms with Crippen LogP contribution < -0.4 is 5.32 Å². The zero-order valence-electron chi connectivity index (χ0n) is 13.6. The molecule has 1 aliphatic rings. The lowest BCUT2D eigenvalue weighted by atomic mass is 9.81. The average molecular weight is 359 g/mol. The molecule has 1 aliphatic carbocycles. The molecule has 2 aromatic rings. The summed E-state index contributed by atoms with van der Waals surface area (Å²) < 4.78 is 5.13. The third-order valence-electron chi connectivity index (χ3n) is 4.46. The molecule has 1 fully saturated rings. The van der Waals surface area contributed by atoms with Gasteiger partial charge in [0.05, 0.1) is 18.4 Å². The number of aliphatic carboxylic acids is 1. The summed E-state index contributed by atoms with van der Waals surface area (Å²) in [5.74, 6) is -1.90. The lowest BCUT2D eigenvalue weighted by Gasteiger charge is -2.25. The average Bonchev–Trinajstić information content (AvgIpc) is 3.20. The molecule has 0 saturated heterocycles. The van der Waals surface area contributed by atoms with Gasteiger partial charge in [-0.3, -0.25) is 9.59 Å². The number of carbonyl (C=O) groups is 2. The van der Waals surface area contributed by atoms with Gasteiger partial charge in [0.25, 0.3) is 0 Å². The van der Waals surface area contributed by atoms with Crippen LogP contribution in [-0.4, -0.2) is 22.0 Å². The maximum Gasteiger partial charge on any atom is 0.306 e. The van der Waals surface area contributed by atoms with E-state index < -0.39 is 11.9 Å². The Balaban J connectivity index is 1.76. The van der Waals surface area contributed by atoms with Gasteiger partial charge in [0.2, 0.25) is 5.91 Å². The van der Waals surface area contributed by atoms with Crippen LogP contribution in [0.15, 0.2) is 16.9 Å². The fraction of sp³-hybridized carbons (Fsp3) is 0.412. The number of rotatable bonds is 4. The van der Waals surface area contributed by atoms with Crippen LogP contribution in [0.5, 0.6) is 0 Å². The standard InChI is InChI=1S/C17H17N3O4S/c1-9-7-24-8-12(9)14-13(6-18)25-17(19-14)20-15(21)10-3-2-4-11(5-10)16(22)23/h7-8,10-11H,2-5H2,1H3,(H,22,23)(H,19,20,21)/t10-,11+/m0/s1. The minimum Gasteiger partial charge on any atom is -0.481 e. The van der Waals surface area contributed by atoms with Crippen LogP contribution in [0, 0.1) is 30.1 Å². The lowest BCUT2D eigenvalue weighted by molar-refractivity contribution is -0.143. The molecule has 1 amide bonds. The van der Waals surface area contributed by atoms with Gasteiger partial charge in [-0.2, -0.15) is 5.26 Å². The number of aryl methyl sites for hydroxylation is 1. The summed E-state index contributed by atoms with van der Waals surface area (Å²) in [6.45, 7) is 1.85. The molecule has 0 radical (unpaired) electrons. The van der Waals surface area contributed by atoms with E-state index >= 15 is 0 Å². The van der Waals surface area contributed by atoms with Gasteiger partial charge in [0.1, 0.15) is 16.6 Å². The van der Waals surface area contributed by atoms with Crippen molar-refractivity contribution in [3.8, 4) is 17.3 Å². The molecule has 0 spiro atoms. The smallest absolute Gasteiger partial charge is 0.306 e. The number of thiazole rings is 1. The Kier molecular flexibility index (Phi) is 4.86. The van der Waals surface area contributed by atoms with Crippen molar-refractivity contribution in [1.82, 2.24) is 4.98 Å². The summed E-state index contributed by atoms with van der Waals surface area (Å²) in [4.78, 5) is 28.4. The van der Waals surface area contributed by atoms with Gasteiger partial charge >= 0.3 is 5.97 Å². The summed E-state index contributed by atoms with van der Waals surface area (Å²) in [6, 6.07) is 2.09. The van der Waals surface area contributed by atoms with Crippen molar-refractivity contribution < 1.29 is 19.1 Å². The van der Waals surface area contributed by atoms with Crippen LogP contribution in [0.3, 0.4) is 0 Å². The number of nitrogens with one attached hydrogen (secondary N) is 1. The minimum absolute atomic E-state index is 0.236. The minimum atomic E-state index is -0.851. The van der Waals surface area contributed by atoms with Crippen molar-refractivity contribution >= 4 is 28.3 Å². The Hall–Kier alpha value is -2.66. The van der Waals surface area contributed by atoms with E-state index in [0.717, 1.165) is 28.9 Å². The third-order valence-corrected chi connectivity index (χ3v) is 5.34. The van der Waals surface area contributed by atoms with Crippen LogP contribution in [0.1, 0.15) is 36.1 Å². The van der Waals surface area contributed by atoms with E-state index in [9.17, 15) is 14.9 Å². The molecule has 130 valence electrons. The molecule has 0 bridgehead atoms. The second kappa shape index (κ2) is 7.07. The Labute approximate surface area is 148 Å². The number of aromatic nitrogens is 1. The molecule has 7 nitrogen and oxygen atoms in total. The fourth-order valence-electron chi connectivity index (χ4n) is 3.09. The van der Waals surface area contributed by atoms with Gasteiger partial charge in [-0.25, -0.2) is 4.98 Å². The summed E-state index contributed by atoms with van der Waals surface area (Å²) >= 11 is 1.10. The number of carboxylic acid groups (broad SMARTS) is 1. The Bertz CT molecular complexity index is 848. The van der Waals surface area contributed by atoms with Crippen molar-refractivity contribution in [3.05, 3.63) is 23.0 Å².